The molecule has 0 fully saturated rings. The van der Waals surface area contributed by atoms with Crippen LogP contribution in [0.1, 0.15) is 52.4 Å². The first-order chi connectivity index (χ1) is 23.7. The molecular weight excluding hydrogens is 664 g/mol. The number of hydrogen-bond donors (Lipinski definition) is 7. The van der Waals surface area contributed by atoms with Gasteiger partial charge in [0.2, 0.25) is 21.4 Å². The second-order valence-electron chi connectivity index (χ2n) is 12.1. The van der Waals surface area contributed by atoms with E-state index in [4.69, 9.17) is 0 Å². The number of H-pyrrole nitrogens is 1. The van der Waals surface area contributed by atoms with Gasteiger partial charge in [0, 0.05) is 50.2 Å². The average molecular weight is 709 g/mol. The summed E-state index contributed by atoms with van der Waals surface area (Å²) in [5, 5.41) is 21.6. The molecule has 268 valence electrons. The highest BCUT2D eigenvalue weighted by Crippen LogP contribution is 2.22. The fourth-order valence-corrected chi connectivity index (χ4v) is 7.49. The molecule has 50 heavy (non-hydrogen) atoms. The molecule has 2 aromatic carbocycles. The molecule has 0 radical (unpaired) electrons. The molecule has 0 saturated heterocycles. The number of sulfonamides is 1. The number of amides is 2. The summed E-state index contributed by atoms with van der Waals surface area (Å²) in [6.45, 7) is 7.40. The maximum atomic E-state index is 13.6. The number of carboxylic acids is 1. The minimum Gasteiger partial charge on any atom is -0.480 e. The molecule has 2 amide bonds. The summed E-state index contributed by atoms with van der Waals surface area (Å²) in [4.78, 5) is 58.7. The van der Waals surface area contributed by atoms with Gasteiger partial charge in [0.15, 0.2) is 5.95 Å². The summed E-state index contributed by atoms with van der Waals surface area (Å²) >= 11 is 0. The Kier molecular flexibility index (Phi) is 12.5. The van der Waals surface area contributed by atoms with Gasteiger partial charge in [-0.05, 0) is 69.5 Å². The Morgan fingerprint density at radius 2 is 1.76 bits per heavy atom. The Hall–Kier alpha value is -5.06. The number of benzene rings is 2. The van der Waals surface area contributed by atoms with Crippen LogP contribution in [0.5, 0.6) is 0 Å². The van der Waals surface area contributed by atoms with Crippen molar-refractivity contribution in [3.63, 3.8) is 0 Å². The van der Waals surface area contributed by atoms with Crippen LogP contribution in [-0.2, 0) is 32.7 Å². The number of nitrogens with one attached hydrogen (secondary N) is 6. The number of aliphatic carboxylic acids is 1. The van der Waals surface area contributed by atoms with Gasteiger partial charge in [0.05, 0.1) is 16.5 Å². The van der Waals surface area contributed by atoms with Crippen LogP contribution >= 0.6 is 0 Å². The number of aromatic amines is 1. The number of carboxylic acid groups (broad SMARTS) is 1. The summed E-state index contributed by atoms with van der Waals surface area (Å²) in [6.07, 6.45) is 5.79. The van der Waals surface area contributed by atoms with Crippen molar-refractivity contribution in [2.75, 3.05) is 25.5 Å². The zero-order valence-corrected chi connectivity index (χ0v) is 29.5. The van der Waals surface area contributed by atoms with Gasteiger partial charge in [0.1, 0.15) is 11.6 Å². The number of pyridine rings is 1. The maximum absolute atomic E-state index is 13.6. The number of anilines is 1. The molecule has 0 saturated carbocycles. The van der Waals surface area contributed by atoms with Crippen molar-refractivity contribution in [3.8, 4) is 0 Å². The van der Waals surface area contributed by atoms with E-state index in [-0.39, 0.29) is 27.8 Å². The summed E-state index contributed by atoms with van der Waals surface area (Å²) in [6, 6.07) is 6.51. The number of aromatic nitrogens is 3. The van der Waals surface area contributed by atoms with Gasteiger partial charge in [0.25, 0.3) is 5.91 Å². The average Bonchev–Trinajstić information content (AvgIpc) is 3.58. The molecule has 4 aromatic rings. The number of carbonyl (C=O) groups excluding carboxylic acids is 2. The molecule has 16 heteroatoms. The predicted molar refractivity (Wildman–Crippen MR) is 190 cm³/mol. The molecule has 1 unspecified atom stereocenters. The number of nitrogens with zero attached hydrogens (tertiary/aromatic N) is 2. The quantitative estimate of drug-likeness (QED) is 0.0791. The number of likely N-dealkylation sites (N-methyl/N-ethyl adjacent to an activating group) is 1. The van der Waals surface area contributed by atoms with Crippen molar-refractivity contribution in [1.82, 2.24) is 35.2 Å². The van der Waals surface area contributed by atoms with Gasteiger partial charge in [-0.25, -0.2) is 13.4 Å². The molecule has 15 nitrogen and oxygen atoms in total. The lowest BCUT2D eigenvalue weighted by atomic mass is 10.1. The molecule has 2 atom stereocenters. The third kappa shape index (κ3) is 9.13. The minimum absolute atomic E-state index is 0.0378. The van der Waals surface area contributed by atoms with Gasteiger partial charge in [-0.1, -0.05) is 30.7 Å². The van der Waals surface area contributed by atoms with Crippen molar-refractivity contribution >= 4 is 44.7 Å². The zero-order valence-electron chi connectivity index (χ0n) is 28.7. The number of imidazole rings is 1. The van der Waals surface area contributed by atoms with E-state index in [0.29, 0.717) is 55.1 Å². The van der Waals surface area contributed by atoms with Gasteiger partial charge < -0.3 is 35.9 Å². The van der Waals surface area contributed by atoms with Crippen molar-refractivity contribution in [3.05, 3.63) is 87.0 Å². The molecule has 7 N–H and O–H groups in total. The van der Waals surface area contributed by atoms with Crippen LogP contribution in [0.3, 0.4) is 0 Å². The van der Waals surface area contributed by atoms with Gasteiger partial charge >= 0.3 is 5.97 Å². The van der Waals surface area contributed by atoms with Crippen LogP contribution in [0.15, 0.2) is 58.6 Å². The van der Waals surface area contributed by atoms with E-state index in [1.807, 2.05) is 19.9 Å². The van der Waals surface area contributed by atoms with Crippen molar-refractivity contribution < 1.29 is 27.9 Å². The summed E-state index contributed by atoms with van der Waals surface area (Å²) < 4.78 is 30.4. The van der Waals surface area contributed by atoms with Crippen molar-refractivity contribution in [2.45, 2.75) is 70.6 Å². The Labute approximate surface area is 290 Å². The largest absolute Gasteiger partial charge is 0.480 e. The van der Waals surface area contributed by atoms with E-state index in [1.54, 1.807) is 62.1 Å². The lowest BCUT2D eigenvalue weighted by Crippen LogP contribution is -2.49. The second-order valence-corrected chi connectivity index (χ2v) is 13.7. The molecule has 0 spiro atoms. The standard InChI is InChI=1S/C34H44N8O7S/c1-6-26(35-5)32(45)36-10-7-13-42-19-25(29(43)24-9-8-23(16-28(24)42)17-40-34-37-11-12-38-34)31(44)39-18-27(33(46)47)41-50(48,49)30-21(3)14-20(2)15-22(30)4/h8-9,11-12,14-16,19,26-27,35,41H,6-7,10,13,17-18H2,1-5H3,(H,36,45)(H,39,44)(H,46,47)(H2,37,38,40)/t26-,27?/m0/s1. The number of rotatable bonds is 17. The van der Waals surface area contributed by atoms with E-state index in [9.17, 15) is 32.7 Å². The number of carbonyl (C=O) groups is 3. The predicted octanol–water partition coefficient (Wildman–Crippen LogP) is 1.93. The first kappa shape index (κ1) is 37.8. The molecule has 0 aliphatic heterocycles. The minimum atomic E-state index is -4.28. The SMILES string of the molecule is CC[C@H](NC)C(=O)NCCCn1cc(C(=O)NCC(NS(=O)(=O)c2c(C)cc(C)cc2C)C(=O)O)c(=O)c2ccc(CNc3ncc[nH]3)cc21. The smallest absolute Gasteiger partial charge is 0.323 e. The topological polar surface area (TPSA) is 216 Å². The molecular formula is C34H44N8O7S. The molecule has 2 heterocycles. The second kappa shape index (κ2) is 16.6. The van der Waals surface area contributed by atoms with E-state index in [1.165, 1.54) is 6.20 Å². The first-order valence-electron chi connectivity index (χ1n) is 16.2. The zero-order chi connectivity index (χ0) is 36.6. The number of aryl methyl sites for hydroxylation is 4. The third-order valence-corrected chi connectivity index (χ3v) is 10.0. The van der Waals surface area contributed by atoms with Crippen molar-refractivity contribution in [1.29, 1.82) is 0 Å². The molecule has 0 aliphatic rings. The van der Waals surface area contributed by atoms with E-state index in [2.05, 4.69) is 36.0 Å². The lowest BCUT2D eigenvalue weighted by Gasteiger charge is -2.19. The van der Waals surface area contributed by atoms with Crippen LogP contribution in [0.2, 0.25) is 0 Å². The van der Waals surface area contributed by atoms with Gasteiger partial charge in [-0.15, -0.1) is 0 Å². The summed E-state index contributed by atoms with van der Waals surface area (Å²) in [5.74, 6) is -1.94. The van der Waals surface area contributed by atoms with E-state index >= 15 is 0 Å². The summed E-state index contributed by atoms with van der Waals surface area (Å²) in [7, 11) is -2.57. The van der Waals surface area contributed by atoms with E-state index in [0.717, 1.165) is 11.1 Å². The highest BCUT2D eigenvalue weighted by molar-refractivity contribution is 7.89. The van der Waals surface area contributed by atoms with Crippen molar-refractivity contribution in [2.24, 2.45) is 0 Å². The normalized spacial score (nSPS) is 12.7. The van der Waals surface area contributed by atoms with Gasteiger partial charge in [-0.3, -0.25) is 19.2 Å². The van der Waals surface area contributed by atoms with Gasteiger partial charge in [-0.2, -0.15) is 4.72 Å². The molecule has 2 aromatic heterocycles. The Morgan fingerprint density at radius 1 is 1.04 bits per heavy atom. The molecule has 4 rings (SSSR count). The van der Waals surface area contributed by atoms with Crippen LogP contribution in [0, 0.1) is 20.8 Å². The number of hydrogen-bond acceptors (Lipinski definition) is 9. The lowest BCUT2D eigenvalue weighted by molar-refractivity contribution is -0.138. The third-order valence-electron chi connectivity index (χ3n) is 8.23. The fraction of sp³-hybridized carbons (Fsp3) is 0.382. The fourth-order valence-electron chi connectivity index (χ4n) is 5.85. The van der Waals surface area contributed by atoms with Crippen LogP contribution in [0.25, 0.3) is 10.9 Å². The Morgan fingerprint density at radius 3 is 2.38 bits per heavy atom. The van der Waals surface area contributed by atoms with Crippen LogP contribution in [-0.4, -0.2) is 78.1 Å². The van der Waals surface area contributed by atoms with Crippen LogP contribution < -0.4 is 31.4 Å². The summed E-state index contributed by atoms with van der Waals surface area (Å²) in [5.41, 5.74) is 2.32. The first-order valence-corrected chi connectivity index (χ1v) is 17.7. The monoisotopic (exact) mass is 708 g/mol. The highest BCUT2D eigenvalue weighted by atomic mass is 32.2. The highest BCUT2D eigenvalue weighted by Gasteiger charge is 2.29. The number of fused-ring (bicyclic) bond motifs is 1. The van der Waals surface area contributed by atoms with Crippen LogP contribution in [0.4, 0.5) is 5.95 Å². The Balaban J connectivity index is 1.58. The maximum Gasteiger partial charge on any atom is 0.323 e. The Bertz CT molecular complexity index is 2000. The molecule has 0 bridgehead atoms. The molecule has 0 aliphatic carbocycles. The van der Waals surface area contributed by atoms with E-state index < -0.39 is 39.9 Å².